The average Bonchev–Trinajstić information content (AvgIpc) is 2.19. The summed E-state index contributed by atoms with van der Waals surface area (Å²) in [7, 11) is 0. The molecule has 0 aliphatic carbocycles. The zero-order valence-electron chi connectivity index (χ0n) is 11.3. The summed E-state index contributed by atoms with van der Waals surface area (Å²) in [5.41, 5.74) is 0. The second-order valence-electron chi connectivity index (χ2n) is 3.13. The van der Waals surface area contributed by atoms with Gasteiger partial charge in [-0.1, -0.05) is 0 Å². The van der Waals surface area contributed by atoms with E-state index in [2.05, 4.69) is 38.3 Å². The lowest BCUT2D eigenvalue weighted by Crippen LogP contribution is -2.82. The molecule has 0 amide bonds. The third-order valence-corrected chi connectivity index (χ3v) is 1.44. The molecule has 0 bridgehead atoms. The van der Waals surface area contributed by atoms with Gasteiger partial charge in [-0.3, -0.25) is 0 Å². The lowest BCUT2D eigenvalue weighted by Gasteiger charge is -1.99. The van der Waals surface area contributed by atoms with E-state index in [0.29, 0.717) is 0 Å². The maximum atomic E-state index is 9.28. The predicted octanol–water partition coefficient (Wildman–Crippen LogP) is -3.94. The van der Waals surface area contributed by atoms with Gasteiger partial charge >= 0.3 is 0 Å². The summed E-state index contributed by atoms with van der Waals surface area (Å²) in [5, 5.41) is 23.1. The molecule has 4 N–H and O–H groups in total. The minimum absolute atomic E-state index is 1.03. The van der Waals surface area contributed by atoms with Crippen molar-refractivity contribution >= 4 is 11.9 Å². The Labute approximate surface area is 103 Å². The van der Waals surface area contributed by atoms with Gasteiger partial charge in [-0.05, 0) is 27.7 Å². The molecule has 0 rings (SSSR count). The van der Waals surface area contributed by atoms with Gasteiger partial charge in [0.2, 0.25) is 0 Å². The van der Waals surface area contributed by atoms with E-state index >= 15 is 0 Å². The van der Waals surface area contributed by atoms with Crippen LogP contribution in [-0.4, -0.2) is 38.1 Å². The van der Waals surface area contributed by atoms with E-state index in [0.717, 1.165) is 0 Å². The standard InChI is InChI=1S/2C4H11N.C3H4O4/c2*1-3-5-4-2;4-2(5)1-3(6)7/h2*5H,3-4H2,1-2H3;1H2,(H,4,5)(H,6,7). The first-order valence-electron chi connectivity index (χ1n) is 5.99. The van der Waals surface area contributed by atoms with Crippen molar-refractivity contribution in [1.29, 1.82) is 0 Å². The Morgan fingerprint density at radius 3 is 1.00 bits per heavy atom. The Bertz CT molecular complexity index is 153. The van der Waals surface area contributed by atoms with Crippen LogP contribution in [-0.2, 0) is 9.59 Å². The summed E-state index contributed by atoms with van der Waals surface area (Å²) < 4.78 is 0. The number of hydrogen-bond donors (Lipinski definition) is 2. The van der Waals surface area contributed by atoms with Gasteiger partial charge in [-0.2, -0.15) is 0 Å². The monoisotopic (exact) mass is 250 g/mol. The SMILES string of the molecule is CC[NH2+]CC.CC[NH2+]CC.O=C([O-])CC(=O)[O-]. The highest BCUT2D eigenvalue weighted by Crippen LogP contribution is 1.66. The zero-order valence-corrected chi connectivity index (χ0v) is 11.3. The normalized spacial score (nSPS) is 8.24. The fourth-order valence-electron chi connectivity index (χ4n) is 0.695. The maximum Gasteiger partial charge on any atom is 0.0726 e. The molecule has 6 heteroatoms. The van der Waals surface area contributed by atoms with Gasteiger partial charge in [-0.15, -0.1) is 0 Å². The number of aliphatic carboxylic acids is 2. The van der Waals surface area contributed by atoms with E-state index in [4.69, 9.17) is 0 Å². The van der Waals surface area contributed by atoms with Gasteiger partial charge < -0.3 is 30.4 Å². The molecule has 0 radical (unpaired) electrons. The van der Waals surface area contributed by atoms with E-state index in [1.54, 1.807) is 0 Å². The van der Waals surface area contributed by atoms with Crippen LogP contribution in [0.5, 0.6) is 0 Å². The van der Waals surface area contributed by atoms with E-state index in [9.17, 15) is 19.8 Å². The molecule has 0 saturated carbocycles. The maximum absolute atomic E-state index is 9.28. The van der Waals surface area contributed by atoms with Crippen LogP contribution in [0.2, 0.25) is 0 Å². The second kappa shape index (κ2) is 20.3. The lowest BCUT2D eigenvalue weighted by atomic mass is 10.5. The fraction of sp³-hybridized carbons (Fsp3) is 0.818. The summed E-state index contributed by atoms with van der Waals surface area (Å²) in [5.74, 6) is -3.25. The number of nitrogens with two attached hydrogens (primary N) is 2. The summed E-state index contributed by atoms with van der Waals surface area (Å²) in [6.07, 6.45) is -1.03. The van der Waals surface area contributed by atoms with Crippen molar-refractivity contribution in [3.63, 3.8) is 0 Å². The molecule has 0 unspecified atom stereocenters. The minimum Gasteiger partial charge on any atom is -0.550 e. The van der Waals surface area contributed by atoms with Crippen LogP contribution in [0.15, 0.2) is 0 Å². The van der Waals surface area contributed by atoms with Crippen molar-refractivity contribution in [1.82, 2.24) is 0 Å². The molecular formula is C11H26N2O4. The third-order valence-electron chi connectivity index (χ3n) is 1.44. The van der Waals surface area contributed by atoms with Crippen molar-refractivity contribution in [3.8, 4) is 0 Å². The van der Waals surface area contributed by atoms with Crippen molar-refractivity contribution in [2.24, 2.45) is 0 Å². The van der Waals surface area contributed by atoms with Crippen LogP contribution in [0.25, 0.3) is 0 Å². The van der Waals surface area contributed by atoms with Gasteiger partial charge in [0.25, 0.3) is 0 Å². The number of hydrogen-bond acceptors (Lipinski definition) is 4. The first kappa shape index (κ1) is 21.2. The van der Waals surface area contributed by atoms with Crippen LogP contribution in [0.4, 0.5) is 0 Å². The van der Waals surface area contributed by atoms with Crippen LogP contribution in [0.3, 0.4) is 0 Å². The molecular weight excluding hydrogens is 224 g/mol. The molecule has 17 heavy (non-hydrogen) atoms. The predicted molar refractivity (Wildman–Crippen MR) is 60.6 cm³/mol. The molecule has 0 aliphatic heterocycles. The highest BCUT2D eigenvalue weighted by atomic mass is 16.4. The van der Waals surface area contributed by atoms with E-state index in [-0.39, 0.29) is 0 Å². The molecule has 0 aliphatic rings. The molecule has 0 heterocycles. The molecule has 0 fully saturated rings. The summed E-state index contributed by atoms with van der Waals surface area (Å²) in [6.45, 7) is 13.5. The first-order valence-corrected chi connectivity index (χ1v) is 5.99. The highest BCUT2D eigenvalue weighted by Gasteiger charge is 1.81. The Balaban J connectivity index is -0.000000177. The van der Waals surface area contributed by atoms with Crippen LogP contribution in [0.1, 0.15) is 34.1 Å². The van der Waals surface area contributed by atoms with Gasteiger partial charge in [0.15, 0.2) is 0 Å². The van der Waals surface area contributed by atoms with Crippen molar-refractivity contribution in [2.45, 2.75) is 34.1 Å². The quantitative estimate of drug-likeness (QED) is 0.468. The minimum atomic E-state index is -1.63. The Morgan fingerprint density at radius 2 is 1.00 bits per heavy atom. The smallest absolute Gasteiger partial charge is 0.0726 e. The first-order chi connectivity index (χ1) is 7.95. The second-order valence-corrected chi connectivity index (χ2v) is 3.13. The van der Waals surface area contributed by atoms with Crippen molar-refractivity contribution in [2.75, 3.05) is 26.2 Å². The summed E-state index contributed by atoms with van der Waals surface area (Å²) in [4.78, 5) is 18.6. The topological polar surface area (TPSA) is 113 Å². The third kappa shape index (κ3) is 52.2. The number of carbonyl (C=O) groups excluding carboxylic acids is 2. The Hall–Kier alpha value is -1.14. The number of quaternary nitrogens is 2. The van der Waals surface area contributed by atoms with E-state index < -0.39 is 18.4 Å². The number of rotatable bonds is 6. The fourth-order valence-corrected chi connectivity index (χ4v) is 0.695. The molecule has 0 saturated heterocycles. The molecule has 0 aromatic carbocycles. The average molecular weight is 250 g/mol. The van der Waals surface area contributed by atoms with Crippen LogP contribution in [0, 0.1) is 0 Å². The summed E-state index contributed by atoms with van der Waals surface area (Å²) in [6, 6.07) is 0. The van der Waals surface area contributed by atoms with E-state index in [1.807, 2.05) is 0 Å². The summed E-state index contributed by atoms with van der Waals surface area (Å²) >= 11 is 0. The van der Waals surface area contributed by atoms with Gasteiger partial charge in [0, 0.05) is 18.4 Å². The Morgan fingerprint density at radius 1 is 0.765 bits per heavy atom. The van der Waals surface area contributed by atoms with Gasteiger partial charge in [0.05, 0.1) is 26.2 Å². The molecule has 0 aromatic heterocycles. The molecule has 0 spiro atoms. The number of carboxylic acid groups (broad SMARTS) is 2. The zero-order chi connectivity index (χ0) is 14.1. The van der Waals surface area contributed by atoms with Gasteiger partial charge in [0.1, 0.15) is 0 Å². The van der Waals surface area contributed by atoms with Gasteiger partial charge in [-0.25, -0.2) is 0 Å². The van der Waals surface area contributed by atoms with Crippen LogP contribution >= 0.6 is 0 Å². The van der Waals surface area contributed by atoms with Crippen molar-refractivity contribution in [3.05, 3.63) is 0 Å². The number of carbonyl (C=O) groups is 2. The van der Waals surface area contributed by atoms with Crippen molar-refractivity contribution < 1.29 is 30.4 Å². The van der Waals surface area contributed by atoms with Crippen LogP contribution < -0.4 is 20.8 Å². The molecule has 104 valence electrons. The molecule has 0 aromatic rings. The largest absolute Gasteiger partial charge is 0.550 e. The van der Waals surface area contributed by atoms with E-state index in [1.165, 1.54) is 26.2 Å². The molecule has 6 nitrogen and oxygen atoms in total. The Kier molecular flexibility index (Phi) is 25.3. The number of carboxylic acids is 2. The lowest BCUT2D eigenvalue weighted by molar-refractivity contribution is -0.648. The molecule has 0 atom stereocenters. The highest BCUT2D eigenvalue weighted by molar-refractivity contribution is 5.86.